The van der Waals surface area contributed by atoms with E-state index in [0.717, 1.165) is 56.5 Å². The minimum Gasteiger partial charge on any atom is -0.389 e. The second kappa shape index (κ2) is 15.3. The average molecular weight is 337 g/mol. The van der Waals surface area contributed by atoms with Gasteiger partial charge < -0.3 is 10.6 Å². The molecule has 0 saturated carbocycles. The first-order valence-electron chi connectivity index (χ1n) is 9.87. The largest absolute Gasteiger partial charge is 0.389 e. The normalized spacial score (nSPS) is 11.8. The van der Waals surface area contributed by atoms with Crippen LogP contribution in [0.15, 0.2) is 24.6 Å². The van der Waals surface area contributed by atoms with Gasteiger partial charge in [0.25, 0.3) is 0 Å². The molecule has 0 aromatic rings. The first kappa shape index (κ1) is 22.8. The smallest absolute Gasteiger partial charge is 0.151 e. The van der Waals surface area contributed by atoms with Crippen molar-refractivity contribution in [1.82, 2.24) is 10.6 Å². The Labute approximate surface area is 150 Å². The Balaban J connectivity index is 3.83. The molecule has 0 saturated heterocycles. The van der Waals surface area contributed by atoms with Crippen molar-refractivity contribution in [1.29, 1.82) is 0 Å². The van der Waals surface area contributed by atoms with Crippen LogP contribution in [0.4, 0.5) is 0 Å². The maximum absolute atomic E-state index is 11.8. The van der Waals surface area contributed by atoms with Gasteiger partial charge in [-0.2, -0.15) is 0 Å². The molecule has 3 nitrogen and oxygen atoms in total. The molecule has 0 rings (SSSR count). The first-order chi connectivity index (χ1) is 11.5. The molecule has 2 N–H and O–H groups in total. The molecule has 0 amide bonds. The second-order valence-electron chi connectivity index (χ2n) is 6.85. The summed E-state index contributed by atoms with van der Waals surface area (Å²) in [6.07, 6.45) is 12.3. The van der Waals surface area contributed by atoms with Crippen molar-refractivity contribution in [3.8, 4) is 0 Å². The van der Waals surface area contributed by atoms with Crippen LogP contribution in [0.3, 0.4) is 0 Å². The van der Waals surface area contributed by atoms with E-state index in [4.69, 9.17) is 0 Å². The molecule has 24 heavy (non-hydrogen) atoms. The summed E-state index contributed by atoms with van der Waals surface area (Å²) < 4.78 is 0. The Kier molecular flexibility index (Phi) is 14.5. The predicted octanol–water partition coefficient (Wildman–Crippen LogP) is 5.48. The van der Waals surface area contributed by atoms with E-state index in [1.54, 1.807) is 6.92 Å². The van der Waals surface area contributed by atoms with Gasteiger partial charge in [0, 0.05) is 17.9 Å². The van der Waals surface area contributed by atoms with Crippen molar-refractivity contribution in [2.45, 2.75) is 97.4 Å². The summed E-state index contributed by atoms with van der Waals surface area (Å²) in [5.41, 5.74) is 2.15. The number of allylic oxidation sites excluding steroid dienone is 2. The Morgan fingerprint density at radius 1 is 0.875 bits per heavy atom. The quantitative estimate of drug-likeness (QED) is 0.345. The molecule has 3 heteroatoms. The van der Waals surface area contributed by atoms with Crippen molar-refractivity contribution in [2.75, 3.05) is 6.54 Å². The standard InChI is InChI=1S/C21H40N2O/c1-6-8-10-14-18(3)22-17-13-12-16-21(20(5)24)23-19(4)15-11-9-7-2/h21-23H,3-4,6-17H2,1-2,5H3/t21-/m1/s1. The SMILES string of the molecule is C=C(CCCCC)NCCCC[C@@H](NC(=C)CCCCC)C(C)=O. The Bertz CT molecular complexity index is 363. The minimum atomic E-state index is -0.0770. The second-order valence-corrected chi connectivity index (χ2v) is 6.85. The molecule has 0 fully saturated rings. The van der Waals surface area contributed by atoms with Gasteiger partial charge in [-0.3, -0.25) is 4.79 Å². The van der Waals surface area contributed by atoms with Gasteiger partial charge in [0.1, 0.15) is 0 Å². The van der Waals surface area contributed by atoms with Crippen molar-refractivity contribution >= 4 is 5.78 Å². The summed E-state index contributed by atoms with van der Waals surface area (Å²) >= 11 is 0. The summed E-state index contributed by atoms with van der Waals surface area (Å²) in [6.45, 7) is 15.2. The van der Waals surface area contributed by atoms with Crippen LogP contribution in [0, 0.1) is 0 Å². The number of nitrogens with one attached hydrogen (secondary N) is 2. The van der Waals surface area contributed by atoms with Gasteiger partial charge in [-0.05, 0) is 51.9 Å². The van der Waals surface area contributed by atoms with Crippen molar-refractivity contribution in [3.05, 3.63) is 24.6 Å². The third-order valence-electron chi connectivity index (χ3n) is 4.33. The molecule has 0 aromatic carbocycles. The number of carbonyl (C=O) groups is 1. The summed E-state index contributed by atoms with van der Waals surface area (Å²) in [7, 11) is 0. The third kappa shape index (κ3) is 13.2. The van der Waals surface area contributed by atoms with Gasteiger partial charge >= 0.3 is 0 Å². The van der Waals surface area contributed by atoms with Gasteiger partial charge in [-0.25, -0.2) is 0 Å². The molecule has 0 radical (unpaired) electrons. The van der Waals surface area contributed by atoms with Crippen LogP contribution in [0.2, 0.25) is 0 Å². The van der Waals surface area contributed by atoms with Crippen LogP contribution >= 0.6 is 0 Å². The lowest BCUT2D eigenvalue weighted by Crippen LogP contribution is -2.34. The fraction of sp³-hybridized carbons (Fsp3) is 0.762. The highest BCUT2D eigenvalue weighted by Crippen LogP contribution is 2.09. The highest BCUT2D eigenvalue weighted by molar-refractivity contribution is 5.81. The molecule has 0 spiro atoms. The zero-order chi connectivity index (χ0) is 18.2. The number of hydrogen-bond donors (Lipinski definition) is 2. The lowest BCUT2D eigenvalue weighted by Gasteiger charge is -2.19. The highest BCUT2D eigenvalue weighted by atomic mass is 16.1. The van der Waals surface area contributed by atoms with Crippen LogP contribution in [-0.4, -0.2) is 18.4 Å². The van der Waals surface area contributed by atoms with Crippen LogP contribution in [0.5, 0.6) is 0 Å². The summed E-state index contributed by atoms with van der Waals surface area (Å²) in [6, 6.07) is -0.0770. The molecule has 0 bridgehead atoms. The third-order valence-corrected chi connectivity index (χ3v) is 4.33. The number of hydrogen-bond acceptors (Lipinski definition) is 3. The van der Waals surface area contributed by atoms with E-state index in [1.807, 2.05) is 0 Å². The van der Waals surface area contributed by atoms with E-state index in [9.17, 15) is 4.79 Å². The number of rotatable bonds is 17. The maximum atomic E-state index is 11.8. The zero-order valence-electron chi connectivity index (χ0n) is 16.4. The van der Waals surface area contributed by atoms with Crippen molar-refractivity contribution in [2.24, 2.45) is 0 Å². The molecular formula is C21H40N2O. The maximum Gasteiger partial charge on any atom is 0.151 e. The molecule has 0 aliphatic rings. The molecule has 0 unspecified atom stereocenters. The van der Waals surface area contributed by atoms with Crippen LogP contribution < -0.4 is 10.6 Å². The van der Waals surface area contributed by atoms with E-state index >= 15 is 0 Å². The van der Waals surface area contributed by atoms with Gasteiger partial charge in [-0.15, -0.1) is 0 Å². The molecular weight excluding hydrogens is 296 g/mol. The molecule has 0 aliphatic carbocycles. The van der Waals surface area contributed by atoms with Crippen LogP contribution in [-0.2, 0) is 4.79 Å². The van der Waals surface area contributed by atoms with E-state index < -0.39 is 0 Å². The molecule has 0 aromatic heterocycles. The van der Waals surface area contributed by atoms with E-state index in [0.29, 0.717) is 0 Å². The van der Waals surface area contributed by atoms with E-state index in [1.165, 1.54) is 32.1 Å². The summed E-state index contributed by atoms with van der Waals surface area (Å²) in [4.78, 5) is 11.8. The molecule has 1 atom stereocenters. The van der Waals surface area contributed by atoms with E-state index in [-0.39, 0.29) is 11.8 Å². The number of carbonyl (C=O) groups excluding carboxylic acids is 1. The fourth-order valence-electron chi connectivity index (χ4n) is 2.70. The van der Waals surface area contributed by atoms with Gasteiger partial charge in [0.15, 0.2) is 5.78 Å². The van der Waals surface area contributed by atoms with Crippen LogP contribution in [0.25, 0.3) is 0 Å². The zero-order valence-corrected chi connectivity index (χ0v) is 16.4. The number of Topliss-reactive ketones (excluding diaryl/α,β-unsaturated/α-hetero) is 1. The summed E-state index contributed by atoms with van der Waals surface area (Å²) in [5.74, 6) is 0.212. The lowest BCUT2D eigenvalue weighted by molar-refractivity contribution is -0.119. The van der Waals surface area contributed by atoms with Gasteiger partial charge in [0.2, 0.25) is 0 Å². The average Bonchev–Trinajstić information content (AvgIpc) is 2.53. The minimum absolute atomic E-state index is 0.0770. The number of unbranched alkanes of at least 4 members (excludes halogenated alkanes) is 5. The Morgan fingerprint density at radius 3 is 2.00 bits per heavy atom. The van der Waals surface area contributed by atoms with Crippen LogP contribution in [0.1, 0.15) is 91.4 Å². The topological polar surface area (TPSA) is 41.1 Å². The highest BCUT2D eigenvalue weighted by Gasteiger charge is 2.13. The molecule has 140 valence electrons. The lowest BCUT2D eigenvalue weighted by atomic mass is 10.0. The van der Waals surface area contributed by atoms with Gasteiger partial charge in [0.05, 0.1) is 6.04 Å². The fourth-order valence-corrected chi connectivity index (χ4v) is 2.70. The van der Waals surface area contributed by atoms with Crippen molar-refractivity contribution in [3.63, 3.8) is 0 Å². The Hall–Kier alpha value is -1.25. The Morgan fingerprint density at radius 2 is 1.46 bits per heavy atom. The van der Waals surface area contributed by atoms with E-state index in [2.05, 4.69) is 37.6 Å². The van der Waals surface area contributed by atoms with Crippen molar-refractivity contribution < 1.29 is 4.79 Å². The summed E-state index contributed by atoms with van der Waals surface area (Å²) in [5, 5.41) is 6.73. The molecule has 0 aliphatic heterocycles. The molecule has 0 heterocycles. The monoisotopic (exact) mass is 336 g/mol. The number of ketones is 1. The van der Waals surface area contributed by atoms with Gasteiger partial charge in [-0.1, -0.05) is 52.7 Å². The first-order valence-corrected chi connectivity index (χ1v) is 9.87. The predicted molar refractivity (Wildman–Crippen MR) is 106 cm³/mol.